The van der Waals surface area contributed by atoms with Gasteiger partial charge in [-0.3, -0.25) is 0 Å². The molecule has 10 heteroatoms. The van der Waals surface area contributed by atoms with Gasteiger partial charge in [0.15, 0.2) is 0 Å². The van der Waals surface area contributed by atoms with E-state index in [2.05, 4.69) is 20.8 Å². The molecule has 0 spiro atoms. The molecule has 55 heavy (non-hydrogen) atoms. The van der Waals surface area contributed by atoms with E-state index in [9.17, 15) is 29.7 Å². The monoisotopic (exact) mass is 940 g/mol. The molecule has 0 N–H and O–H groups in total. The minimum atomic E-state index is -0.938. The van der Waals surface area contributed by atoms with Gasteiger partial charge in [0.05, 0.1) is 17.9 Å². The summed E-state index contributed by atoms with van der Waals surface area (Å²) in [7, 11) is 0. The van der Waals surface area contributed by atoms with Crippen molar-refractivity contribution in [1.82, 2.24) is 0 Å². The van der Waals surface area contributed by atoms with Gasteiger partial charge in [-0.2, -0.15) is 35.3 Å². The first kappa shape index (κ1) is 61.9. The summed E-state index contributed by atoms with van der Waals surface area (Å²) in [5.41, 5.74) is 0. The molecule has 0 saturated carbocycles. The summed E-state index contributed by atoms with van der Waals surface area (Å²) in [6.07, 6.45) is 39.8. The molecule has 3 atom stereocenters. The van der Waals surface area contributed by atoms with Crippen LogP contribution in [0.1, 0.15) is 234 Å². The summed E-state index contributed by atoms with van der Waals surface area (Å²) in [4.78, 5) is 31.4. The van der Waals surface area contributed by atoms with E-state index in [-0.39, 0.29) is 40.2 Å². The predicted octanol–water partition coefficient (Wildman–Crippen LogP) is 11.0. The van der Waals surface area contributed by atoms with Crippen LogP contribution in [-0.4, -0.2) is 75.3 Å². The molecule has 0 aliphatic heterocycles. The second-order valence-electron chi connectivity index (χ2n) is 15.0. The van der Waals surface area contributed by atoms with Crippen molar-refractivity contribution in [2.24, 2.45) is 0 Å². The van der Waals surface area contributed by atoms with Gasteiger partial charge in [-0.15, -0.1) is 0 Å². The number of carboxylic acids is 3. The van der Waals surface area contributed by atoms with E-state index < -0.39 is 17.9 Å². The van der Waals surface area contributed by atoms with E-state index in [1.54, 1.807) is 20.8 Å². The van der Waals surface area contributed by atoms with Crippen LogP contribution in [-0.2, 0) is 14.4 Å². The Morgan fingerprint density at radius 1 is 0.327 bits per heavy atom. The van der Waals surface area contributed by atoms with Crippen LogP contribution in [0.5, 0.6) is 0 Å². The smallest absolute Gasteiger partial charge is 0.549 e. The number of hydrogen-bond donors (Lipinski definition) is 0. The van der Waals surface area contributed by atoms with Crippen molar-refractivity contribution in [1.29, 1.82) is 0 Å². The van der Waals surface area contributed by atoms with Gasteiger partial charge >= 0.3 is 24.4 Å². The molecule has 0 aliphatic carbocycles. The standard InChI is InChI=1S/3C15H30O2S.Sb/c3*1-3-4-5-6-7-8-9-10-11-12-13-18-14(2)15(16)17;/h3*14H,3-13H2,1-2H3,(H,16,17);/q;;;+3/p-3. The van der Waals surface area contributed by atoms with Crippen LogP contribution in [0.4, 0.5) is 0 Å². The Morgan fingerprint density at radius 3 is 0.618 bits per heavy atom. The van der Waals surface area contributed by atoms with Crippen molar-refractivity contribution in [3.05, 3.63) is 0 Å². The molecule has 0 bridgehead atoms. The zero-order chi connectivity index (χ0) is 40.9. The van der Waals surface area contributed by atoms with Crippen LogP contribution in [0.3, 0.4) is 0 Å². The molecule has 6 nitrogen and oxygen atoms in total. The molecule has 0 aliphatic rings. The predicted molar refractivity (Wildman–Crippen MR) is 242 cm³/mol. The topological polar surface area (TPSA) is 120 Å². The molecule has 0 amide bonds. The summed E-state index contributed by atoms with van der Waals surface area (Å²) >= 11 is 4.50. The second kappa shape index (κ2) is 52.3. The third-order valence-electron chi connectivity index (χ3n) is 9.59. The number of carbonyl (C=O) groups excluding carboxylic acids is 3. The summed E-state index contributed by atoms with van der Waals surface area (Å²) in [6.45, 7) is 11.9. The third kappa shape index (κ3) is 56.4. The Morgan fingerprint density at radius 2 is 0.473 bits per heavy atom. The quantitative estimate of drug-likeness (QED) is 0.0438. The number of carbonyl (C=O) groups is 3. The zero-order valence-corrected chi connectivity index (χ0v) is 41.7. The van der Waals surface area contributed by atoms with Crippen LogP contribution in [0.15, 0.2) is 0 Å². The van der Waals surface area contributed by atoms with Gasteiger partial charge in [-0.1, -0.05) is 194 Å². The minimum absolute atomic E-state index is 0. The first-order chi connectivity index (χ1) is 26.0. The number of hydrogen-bond acceptors (Lipinski definition) is 9. The van der Waals surface area contributed by atoms with Crippen molar-refractivity contribution in [2.45, 2.75) is 250 Å². The van der Waals surface area contributed by atoms with Crippen molar-refractivity contribution in [3.63, 3.8) is 0 Å². The molecule has 0 saturated heterocycles. The van der Waals surface area contributed by atoms with Crippen LogP contribution in [0.2, 0.25) is 0 Å². The van der Waals surface area contributed by atoms with E-state index in [0.717, 1.165) is 36.5 Å². The average molecular weight is 942 g/mol. The fraction of sp³-hybridized carbons (Fsp3) is 0.933. The number of rotatable bonds is 39. The summed E-state index contributed by atoms with van der Waals surface area (Å²) < 4.78 is 0. The maximum absolute atomic E-state index is 10.5. The molecule has 0 fully saturated rings. The Balaban J connectivity index is -0.000000351. The summed E-state index contributed by atoms with van der Waals surface area (Å²) in [6, 6.07) is 0. The molecule has 0 heterocycles. The van der Waals surface area contributed by atoms with Gasteiger partial charge in [-0.05, 0) is 57.3 Å². The van der Waals surface area contributed by atoms with Crippen molar-refractivity contribution >= 4 is 77.6 Å². The van der Waals surface area contributed by atoms with Gasteiger partial charge in [0.1, 0.15) is 0 Å². The first-order valence-electron chi connectivity index (χ1n) is 22.5. The second-order valence-corrected chi connectivity index (χ2v) is 19.4. The van der Waals surface area contributed by atoms with Crippen LogP contribution in [0, 0.1) is 0 Å². The summed E-state index contributed by atoms with van der Waals surface area (Å²) in [5.74, 6) is 0.0365. The molecule has 0 aromatic heterocycles. The summed E-state index contributed by atoms with van der Waals surface area (Å²) in [5, 5.41) is 30.4. The van der Waals surface area contributed by atoms with Crippen LogP contribution < -0.4 is 15.3 Å². The maximum Gasteiger partial charge on any atom is 3.00 e. The van der Waals surface area contributed by atoms with E-state index >= 15 is 0 Å². The molecule has 326 valence electrons. The molecular formula is C45H87O6S3Sb. The van der Waals surface area contributed by atoms with Crippen molar-refractivity contribution < 1.29 is 29.7 Å². The largest absolute Gasteiger partial charge is 3.00 e. The van der Waals surface area contributed by atoms with Gasteiger partial charge in [0.25, 0.3) is 0 Å². The van der Waals surface area contributed by atoms with Crippen molar-refractivity contribution in [3.8, 4) is 0 Å². The van der Waals surface area contributed by atoms with Gasteiger partial charge in [0.2, 0.25) is 0 Å². The third-order valence-corrected chi connectivity index (χ3v) is 13.2. The Labute approximate surface area is 372 Å². The minimum Gasteiger partial charge on any atom is -0.549 e. The fourth-order valence-corrected chi connectivity index (χ4v) is 8.33. The molecular weight excluding hydrogens is 854 g/mol. The Hall–Kier alpha value is 0.278. The molecule has 0 aromatic carbocycles. The normalized spacial score (nSPS) is 12.3. The average Bonchev–Trinajstić information content (AvgIpc) is 3.15. The van der Waals surface area contributed by atoms with Gasteiger partial charge < -0.3 is 29.7 Å². The van der Waals surface area contributed by atoms with E-state index in [4.69, 9.17) is 0 Å². The molecule has 2 radical (unpaired) electrons. The van der Waals surface area contributed by atoms with Crippen molar-refractivity contribution in [2.75, 3.05) is 17.3 Å². The van der Waals surface area contributed by atoms with E-state index in [1.807, 2.05) is 0 Å². The van der Waals surface area contributed by atoms with E-state index in [0.29, 0.717) is 0 Å². The first-order valence-corrected chi connectivity index (χ1v) is 25.7. The number of unbranched alkanes of at least 4 members (excludes halogenated alkanes) is 27. The number of aliphatic carboxylic acids is 3. The maximum atomic E-state index is 10.5. The molecule has 3 unspecified atom stereocenters. The van der Waals surface area contributed by atoms with Gasteiger partial charge in [0, 0.05) is 15.7 Å². The SMILES string of the molecule is CCCCCCCCCCCCSC(C)C(=O)[O-].CCCCCCCCCCCCSC(C)C(=O)[O-].CCCCCCCCCCCCSC(C)C(=O)[O-].[Sb+3]. The molecule has 0 aromatic rings. The van der Waals surface area contributed by atoms with E-state index in [1.165, 1.54) is 209 Å². The van der Waals surface area contributed by atoms with Gasteiger partial charge in [-0.25, -0.2) is 0 Å². The Kier molecular flexibility index (Phi) is 58.9. The number of carboxylic acid groups (broad SMARTS) is 3. The van der Waals surface area contributed by atoms with Crippen LogP contribution in [0.25, 0.3) is 0 Å². The zero-order valence-electron chi connectivity index (χ0n) is 36.7. The number of thioether (sulfide) groups is 3. The molecule has 0 rings (SSSR count). The van der Waals surface area contributed by atoms with Crippen LogP contribution >= 0.6 is 35.3 Å². The fourth-order valence-electron chi connectivity index (χ4n) is 5.75. The Bertz CT molecular complexity index is 692.